The molecule has 0 bridgehead atoms. The maximum Gasteiger partial charge on any atom is 0.312 e. The fourth-order valence-electron chi connectivity index (χ4n) is 1.07. The molecular weight excluding hydrogens is 200 g/mol. The Morgan fingerprint density at radius 1 is 1.50 bits per heavy atom. The zero-order chi connectivity index (χ0) is 11.0. The fraction of sp³-hybridized carbons (Fsp3) is 0.875. The molecule has 3 N–H and O–H groups in total. The summed E-state index contributed by atoms with van der Waals surface area (Å²) in [5.41, 5.74) is 4.54. The zero-order valence-electron chi connectivity index (χ0n) is 9.13. The SMILES string of the molecule is COC(C)(OC)[SiH2]CCCNC(N)=O. The lowest BCUT2D eigenvalue weighted by molar-refractivity contribution is -0.130. The van der Waals surface area contributed by atoms with Gasteiger partial charge in [0.2, 0.25) is 0 Å². The first-order valence-electron chi connectivity index (χ1n) is 4.67. The van der Waals surface area contributed by atoms with E-state index in [1.807, 2.05) is 6.92 Å². The van der Waals surface area contributed by atoms with E-state index in [1.165, 1.54) is 0 Å². The van der Waals surface area contributed by atoms with E-state index < -0.39 is 15.6 Å². The number of hydrogen-bond acceptors (Lipinski definition) is 3. The molecule has 0 heterocycles. The molecule has 5 nitrogen and oxygen atoms in total. The lowest BCUT2D eigenvalue weighted by atomic mass is 10.5. The van der Waals surface area contributed by atoms with Crippen molar-refractivity contribution in [2.45, 2.75) is 24.8 Å². The largest absolute Gasteiger partial charge is 0.358 e. The molecule has 0 rings (SSSR count). The van der Waals surface area contributed by atoms with E-state index in [-0.39, 0.29) is 5.41 Å². The number of amides is 2. The van der Waals surface area contributed by atoms with Crippen LogP contribution in [-0.2, 0) is 9.47 Å². The molecule has 6 heteroatoms. The van der Waals surface area contributed by atoms with Gasteiger partial charge >= 0.3 is 6.03 Å². The minimum absolute atomic E-state index is 0.382. The predicted molar refractivity (Wildman–Crippen MR) is 58.0 cm³/mol. The number of primary amides is 1. The standard InChI is InChI=1S/C8H20N2O3Si/c1-8(12-2,13-3)14-6-4-5-10-7(9)11/h4-6,14H2,1-3H3,(H3,9,10,11). The van der Waals surface area contributed by atoms with Gasteiger partial charge in [-0.3, -0.25) is 0 Å². The molecule has 0 aromatic heterocycles. The van der Waals surface area contributed by atoms with E-state index in [4.69, 9.17) is 15.2 Å². The van der Waals surface area contributed by atoms with Crippen molar-refractivity contribution in [2.75, 3.05) is 20.8 Å². The third kappa shape index (κ3) is 5.95. The maximum absolute atomic E-state index is 10.3. The van der Waals surface area contributed by atoms with Gasteiger partial charge < -0.3 is 20.5 Å². The number of hydrogen-bond donors (Lipinski definition) is 2. The van der Waals surface area contributed by atoms with Crippen LogP contribution in [0.3, 0.4) is 0 Å². The van der Waals surface area contributed by atoms with Crippen LogP contribution in [-0.4, -0.2) is 41.7 Å². The van der Waals surface area contributed by atoms with Crippen molar-refractivity contribution in [1.29, 1.82) is 0 Å². The Labute approximate surface area is 87.1 Å². The second-order valence-corrected chi connectivity index (χ2v) is 5.78. The van der Waals surface area contributed by atoms with Crippen LogP contribution in [0.25, 0.3) is 0 Å². The van der Waals surface area contributed by atoms with Crippen LogP contribution in [0, 0.1) is 0 Å². The van der Waals surface area contributed by atoms with Gasteiger partial charge in [-0.1, -0.05) is 6.04 Å². The summed E-state index contributed by atoms with van der Waals surface area (Å²) in [4.78, 5) is 10.3. The molecule has 0 aliphatic heterocycles. The van der Waals surface area contributed by atoms with E-state index >= 15 is 0 Å². The normalized spacial score (nSPS) is 12.2. The highest BCUT2D eigenvalue weighted by Gasteiger charge is 2.21. The summed E-state index contributed by atoms with van der Waals surface area (Å²) >= 11 is 0. The minimum Gasteiger partial charge on any atom is -0.358 e. The third-order valence-corrected chi connectivity index (χ3v) is 4.56. The van der Waals surface area contributed by atoms with E-state index in [2.05, 4.69) is 5.32 Å². The third-order valence-electron chi connectivity index (χ3n) is 2.22. The lowest BCUT2D eigenvalue weighted by Crippen LogP contribution is -2.37. The highest BCUT2D eigenvalue weighted by Crippen LogP contribution is 2.10. The average molecular weight is 220 g/mol. The monoisotopic (exact) mass is 220 g/mol. The van der Waals surface area contributed by atoms with Crippen LogP contribution in [0.15, 0.2) is 0 Å². The Balaban J connectivity index is 3.47. The molecule has 14 heavy (non-hydrogen) atoms. The number of carbonyl (C=O) groups is 1. The van der Waals surface area contributed by atoms with E-state index in [0.717, 1.165) is 12.5 Å². The van der Waals surface area contributed by atoms with Crippen molar-refractivity contribution in [3.05, 3.63) is 0 Å². The van der Waals surface area contributed by atoms with Gasteiger partial charge in [0.05, 0.1) is 9.52 Å². The molecule has 0 aliphatic carbocycles. The molecule has 0 spiro atoms. The van der Waals surface area contributed by atoms with E-state index in [9.17, 15) is 4.79 Å². The number of nitrogens with one attached hydrogen (secondary N) is 1. The van der Waals surface area contributed by atoms with Gasteiger partial charge in [0, 0.05) is 20.8 Å². The molecule has 0 aromatic rings. The van der Waals surface area contributed by atoms with E-state index in [1.54, 1.807) is 14.2 Å². The van der Waals surface area contributed by atoms with Gasteiger partial charge in [-0.05, 0) is 13.3 Å². The molecular formula is C8H20N2O3Si. The van der Waals surface area contributed by atoms with Crippen LogP contribution in [0.5, 0.6) is 0 Å². The Kier molecular flexibility index (Phi) is 6.51. The number of urea groups is 1. The summed E-state index contributed by atoms with van der Waals surface area (Å²) in [6.45, 7) is 2.58. The average Bonchev–Trinajstić information content (AvgIpc) is 2.16. The molecule has 0 fully saturated rings. The Morgan fingerprint density at radius 3 is 2.50 bits per heavy atom. The second-order valence-electron chi connectivity index (χ2n) is 3.29. The quantitative estimate of drug-likeness (QED) is 0.348. The topological polar surface area (TPSA) is 73.6 Å². The Morgan fingerprint density at radius 2 is 2.07 bits per heavy atom. The van der Waals surface area contributed by atoms with Crippen molar-refractivity contribution in [2.24, 2.45) is 5.73 Å². The second kappa shape index (κ2) is 6.80. The van der Waals surface area contributed by atoms with Crippen LogP contribution in [0.4, 0.5) is 4.79 Å². The lowest BCUT2D eigenvalue weighted by Gasteiger charge is -2.26. The van der Waals surface area contributed by atoms with Crippen LogP contribution in [0.1, 0.15) is 13.3 Å². The number of carbonyl (C=O) groups excluding carboxylic acids is 1. The Hall–Kier alpha value is -0.593. The number of rotatable bonds is 7. The maximum atomic E-state index is 10.3. The number of methoxy groups -OCH3 is 2. The first-order chi connectivity index (χ1) is 6.54. The number of nitrogens with two attached hydrogens (primary N) is 1. The highest BCUT2D eigenvalue weighted by atomic mass is 28.2. The van der Waals surface area contributed by atoms with Gasteiger partial charge in [-0.15, -0.1) is 0 Å². The van der Waals surface area contributed by atoms with Crippen LogP contribution >= 0.6 is 0 Å². The van der Waals surface area contributed by atoms with E-state index in [0.29, 0.717) is 6.54 Å². The van der Waals surface area contributed by atoms with Crippen molar-refractivity contribution < 1.29 is 14.3 Å². The molecule has 0 atom stereocenters. The summed E-state index contributed by atoms with van der Waals surface area (Å²) in [6, 6.07) is 0.589. The summed E-state index contributed by atoms with van der Waals surface area (Å²) in [5, 5.41) is 2.55. The molecule has 0 radical (unpaired) electrons. The van der Waals surface area contributed by atoms with Gasteiger partial charge in [0.25, 0.3) is 0 Å². The molecule has 0 saturated heterocycles. The van der Waals surface area contributed by atoms with Crippen molar-refractivity contribution in [3.8, 4) is 0 Å². The number of ether oxygens (including phenoxy) is 2. The minimum atomic E-state index is -0.465. The summed E-state index contributed by atoms with van der Waals surface area (Å²) < 4.78 is 10.5. The molecule has 2 amide bonds. The van der Waals surface area contributed by atoms with Gasteiger partial charge in [0.1, 0.15) is 5.41 Å². The van der Waals surface area contributed by atoms with Gasteiger partial charge in [0.15, 0.2) is 0 Å². The van der Waals surface area contributed by atoms with Crippen molar-refractivity contribution in [3.63, 3.8) is 0 Å². The predicted octanol–water partition coefficient (Wildman–Crippen LogP) is -0.402. The van der Waals surface area contributed by atoms with Crippen molar-refractivity contribution in [1.82, 2.24) is 5.32 Å². The first kappa shape index (κ1) is 13.4. The highest BCUT2D eigenvalue weighted by molar-refractivity contribution is 6.38. The summed E-state index contributed by atoms with van der Waals surface area (Å²) in [6.07, 6.45) is 0.928. The van der Waals surface area contributed by atoms with Crippen LogP contribution in [0.2, 0.25) is 6.04 Å². The van der Waals surface area contributed by atoms with Crippen LogP contribution < -0.4 is 11.1 Å². The Bertz CT molecular complexity index is 174. The first-order valence-corrected chi connectivity index (χ1v) is 6.38. The van der Waals surface area contributed by atoms with Gasteiger partial charge in [-0.2, -0.15) is 0 Å². The smallest absolute Gasteiger partial charge is 0.312 e. The molecule has 0 aliphatic rings. The summed E-state index contributed by atoms with van der Waals surface area (Å²) in [5.74, 6) is 0. The van der Waals surface area contributed by atoms with Gasteiger partial charge in [-0.25, -0.2) is 4.79 Å². The van der Waals surface area contributed by atoms with Crippen molar-refractivity contribution >= 4 is 15.6 Å². The molecule has 0 aromatic carbocycles. The summed E-state index contributed by atoms with van der Waals surface area (Å²) in [7, 11) is 2.85. The molecule has 84 valence electrons. The molecule has 0 saturated carbocycles. The zero-order valence-corrected chi connectivity index (χ0v) is 10.5. The molecule has 0 unspecified atom stereocenters. The fourth-order valence-corrected chi connectivity index (χ4v) is 2.62.